The molecule has 0 spiro atoms. The highest BCUT2D eigenvalue weighted by Crippen LogP contribution is 2.31. The van der Waals surface area contributed by atoms with Crippen molar-refractivity contribution in [2.75, 3.05) is 6.61 Å². The fourth-order valence-corrected chi connectivity index (χ4v) is 2.04. The summed E-state index contributed by atoms with van der Waals surface area (Å²) in [5, 5.41) is 13.7. The van der Waals surface area contributed by atoms with Crippen LogP contribution in [0.15, 0.2) is 24.3 Å². The lowest BCUT2D eigenvalue weighted by Gasteiger charge is -2.16. The van der Waals surface area contributed by atoms with E-state index in [-0.39, 0.29) is 12.6 Å². The number of nitrogens with one attached hydrogen (secondary N) is 2. The number of carboxylic acid groups (broad SMARTS) is 1. The minimum absolute atomic E-state index is 0.264. The Balaban J connectivity index is 1.96. The SMILES string of the molecule is NC(=O)C[C@@H](NC(=O)NC1COc2ccccc21)C(=O)O. The summed E-state index contributed by atoms with van der Waals surface area (Å²) in [5.41, 5.74) is 5.75. The number of para-hydroxylation sites is 1. The number of hydrogen-bond donors (Lipinski definition) is 4. The van der Waals surface area contributed by atoms with E-state index in [1.165, 1.54) is 0 Å². The molecule has 0 saturated carbocycles. The van der Waals surface area contributed by atoms with Gasteiger partial charge in [-0.2, -0.15) is 0 Å². The van der Waals surface area contributed by atoms with Gasteiger partial charge in [0.15, 0.2) is 0 Å². The van der Waals surface area contributed by atoms with Crippen molar-refractivity contribution in [1.82, 2.24) is 10.6 Å². The smallest absolute Gasteiger partial charge is 0.326 e. The third-order valence-corrected chi connectivity index (χ3v) is 3.01. The Kier molecular flexibility index (Phi) is 4.27. The summed E-state index contributed by atoms with van der Waals surface area (Å²) in [6.45, 7) is 0.264. The minimum atomic E-state index is -1.36. The maximum Gasteiger partial charge on any atom is 0.326 e. The number of amides is 3. The van der Waals surface area contributed by atoms with Crippen LogP contribution in [0.25, 0.3) is 0 Å². The molecule has 0 saturated heterocycles. The first-order valence-corrected chi connectivity index (χ1v) is 6.27. The van der Waals surface area contributed by atoms with Crippen molar-refractivity contribution in [2.24, 2.45) is 5.73 Å². The Morgan fingerprint density at radius 1 is 1.38 bits per heavy atom. The largest absolute Gasteiger partial charge is 0.491 e. The van der Waals surface area contributed by atoms with Gasteiger partial charge in [-0.1, -0.05) is 18.2 Å². The van der Waals surface area contributed by atoms with Gasteiger partial charge in [0.25, 0.3) is 0 Å². The zero-order valence-corrected chi connectivity index (χ0v) is 11.0. The third kappa shape index (κ3) is 3.62. The van der Waals surface area contributed by atoms with Gasteiger partial charge in [-0.15, -0.1) is 0 Å². The van der Waals surface area contributed by atoms with E-state index >= 15 is 0 Å². The molecule has 0 aliphatic carbocycles. The number of nitrogens with two attached hydrogens (primary N) is 1. The van der Waals surface area contributed by atoms with Crippen LogP contribution >= 0.6 is 0 Å². The first-order chi connectivity index (χ1) is 9.97. The predicted molar refractivity (Wildman–Crippen MR) is 71.6 cm³/mol. The van der Waals surface area contributed by atoms with Crippen LogP contribution in [-0.2, 0) is 9.59 Å². The maximum absolute atomic E-state index is 11.8. The monoisotopic (exact) mass is 293 g/mol. The van der Waals surface area contributed by atoms with Crippen molar-refractivity contribution >= 4 is 17.9 Å². The lowest BCUT2D eigenvalue weighted by molar-refractivity contribution is -0.140. The van der Waals surface area contributed by atoms with Gasteiger partial charge < -0.3 is 26.2 Å². The Labute approximate surface area is 120 Å². The van der Waals surface area contributed by atoms with Crippen LogP contribution in [0, 0.1) is 0 Å². The quantitative estimate of drug-likeness (QED) is 0.594. The molecule has 2 atom stereocenters. The number of carboxylic acids is 1. The Morgan fingerprint density at radius 2 is 2.10 bits per heavy atom. The van der Waals surface area contributed by atoms with Gasteiger partial charge in [0, 0.05) is 5.56 Å². The summed E-state index contributed by atoms with van der Waals surface area (Å²) in [5.74, 6) is -1.46. The van der Waals surface area contributed by atoms with Gasteiger partial charge in [0.1, 0.15) is 18.4 Å². The molecular formula is C13H15N3O5. The fourth-order valence-electron chi connectivity index (χ4n) is 2.04. The van der Waals surface area contributed by atoms with E-state index < -0.39 is 30.4 Å². The number of aliphatic carboxylic acids is 1. The number of fused-ring (bicyclic) bond motifs is 1. The van der Waals surface area contributed by atoms with Crippen molar-refractivity contribution in [3.63, 3.8) is 0 Å². The second kappa shape index (κ2) is 6.12. The second-order valence-electron chi connectivity index (χ2n) is 4.58. The van der Waals surface area contributed by atoms with Crippen LogP contribution in [0.1, 0.15) is 18.0 Å². The Bertz CT molecular complexity index is 575. The second-order valence-corrected chi connectivity index (χ2v) is 4.58. The minimum Gasteiger partial charge on any atom is -0.491 e. The molecule has 0 bridgehead atoms. The van der Waals surface area contributed by atoms with E-state index in [0.29, 0.717) is 5.75 Å². The van der Waals surface area contributed by atoms with E-state index in [4.69, 9.17) is 15.6 Å². The highest BCUT2D eigenvalue weighted by Gasteiger charge is 2.27. The average molecular weight is 293 g/mol. The third-order valence-electron chi connectivity index (χ3n) is 3.01. The Morgan fingerprint density at radius 3 is 2.76 bits per heavy atom. The molecule has 1 aliphatic heterocycles. The van der Waals surface area contributed by atoms with Crippen LogP contribution in [0.5, 0.6) is 5.75 Å². The van der Waals surface area contributed by atoms with Crippen molar-refractivity contribution in [1.29, 1.82) is 0 Å². The van der Waals surface area contributed by atoms with Gasteiger partial charge in [0.05, 0.1) is 12.5 Å². The number of urea groups is 1. The summed E-state index contributed by atoms with van der Waals surface area (Å²) in [7, 11) is 0. The molecule has 1 aromatic carbocycles. The van der Waals surface area contributed by atoms with Crippen molar-refractivity contribution in [2.45, 2.75) is 18.5 Å². The van der Waals surface area contributed by atoms with Crippen molar-refractivity contribution in [3.05, 3.63) is 29.8 Å². The first kappa shape index (κ1) is 14.6. The van der Waals surface area contributed by atoms with Crippen LogP contribution in [0.3, 0.4) is 0 Å². The Hall–Kier alpha value is -2.77. The average Bonchev–Trinajstić information content (AvgIpc) is 2.81. The zero-order valence-electron chi connectivity index (χ0n) is 11.0. The molecule has 1 aromatic rings. The molecule has 1 aliphatic rings. The number of carbonyl (C=O) groups is 3. The summed E-state index contributed by atoms with van der Waals surface area (Å²) >= 11 is 0. The van der Waals surface area contributed by atoms with Crippen molar-refractivity contribution < 1.29 is 24.2 Å². The highest BCUT2D eigenvalue weighted by molar-refractivity contribution is 5.87. The summed E-state index contributed by atoms with van der Waals surface area (Å²) in [6.07, 6.45) is -0.472. The molecule has 8 nitrogen and oxygen atoms in total. The van der Waals surface area contributed by atoms with E-state index in [1.54, 1.807) is 6.07 Å². The van der Waals surface area contributed by atoms with Crippen LogP contribution in [-0.4, -0.2) is 35.7 Å². The molecule has 1 heterocycles. The molecule has 21 heavy (non-hydrogen) atoms. The van der Waals surface area contributed by atoms with Gasteiger partial charge in [-0.3, -0.25) is 4.79 Å². The number of ether oxygens (including phenoxy) is 1. The zero-order chi connectivity index (χ0) is 15.4. The van der Waals surface area contributed by atoms with E-state index in [1.807, 2.05) is 18.2 Å². The summed E-state index contributed by atoms with van der Waals surface area (Å²) in [6, 6.07) is 4.79. The maximum atomic E-state index is 11.8. The lowest BCUT2D eigenvalue weighted by Crippen LogP contribution is -2.48. The van der Waals surface area contributed by atoms with E-state index in [0.717, 1.165) is 5.56 Å². The number of carbonyl (C=O) groups excluding carboxylic acids is 2. The highest BCUT2D eigenvalue weighted by atomic mass is 16.5. The fraction of sp³-hybridized carbons (Fsp3) is 0.308. The predicted octanol–water partition coefficient (Wildman–Crippen LogP) is -0.252. The molecule has 3 amide bonds. The van der Waals surface area contributed by atoms with Gasteiger partial charge in [-0.25, -0.2) is 9.59 Å². The molecule has 2 rings (SSSR count). The van der Waals surface area contributed by atoms with E-state index in [2.05, 4.69) is 10.6 Å². The number of benzene rings is 1. The van der Waals surface area contributed by atoms with E-state index in [9.17, 15) is 14.4 Å². The number of primary amides is 1. The van der Waals surface area contributed by atoms with Crippen LogP contribution in [0.4, 0.5) is 4.79 Å². The molecule has 0 radical (unpaired) electrons. The molecule has 0 fully saturated rings. The summed E-state index contributed by atoms with van der Waals surface area (Å²) in [4.78, 5) is 33.5. The van der Waals surface area contributed by atoms with Crippen LogP contribution < -0.4 is 21.1 Å². The van der Waals surface area contributed by atoms with Crippen LogP contribution in [0.2, 0.25) is 0 Å². The standard InChI is InChI=1S/C13H15N3O5/c14-11(17)5-8(12(18)19)15-13(20)16-9-6-21-10-4-2-1-3-7(9)10/h1-4,8-9H,5-6H2,(H2,14,17)(H,18,19)(H2,15,16,20)/t8-,9?/m1/s1. The number of hydrogen-bond acceptors (Lipinski definition) is 4. The number of rotatable bonds is 5. The molecule has 8 heteroatoms. The van der Waals surface area contributed by atoms with Crippen molar-refractivity contribution in [3.8, 4) is 5.75 Å². The molecular weight excluding hydrogens is 278 g/mol. The first-order valence-electron chi connectivity index (χ1n) is 6.27. The molecule has 0 aromatic heterocycles. The topological polar surface area (TPSA) is 131 Å². The lowest BCUT2D eigenvalue weighted by atomic mass is 10.1. The summed E-state index contributed by atoms with van der Waals surface area (Å²) < 4.78 is 5.40. The molecule has 5 N–H and O–H groups in total. The molecule has 1 unspecified atom stereocenters. The van der Waals surface area contributed by atoms with Gasteiger partial charge in [0.2, 0.25) is 5.91 Å². The van der Waals surface area contributed by atoms with Gasteiger partial charge in [-0.05, 0) is 6.07 Å². The van der Waals surface area contributed by atoms with Gasteiger partial charge >= 0.3 is 12.0 Å². The molecule has 112 valence electrons. The normalized spacial score (nSPS) is 17.2.